The number of nitrogens with zero attached hydrogens (tertiary/aromatic N) is 4. The molecule has 0 radical (unpaired) electrons. The van der Waals surface area contributed by atoms with Crippen LogP contribution in [0.3, 0.4) is 0 Å². The number of hydrogen-bond donors (Lipinski definition) is 6. The fourth-order valence-electron chi connectivity index (χ4n) is 4.21. The monoisotopic (exact) mass is 712 g/mol. The van der Waals surface area contributed by atoms with Crippen LogP contribution in [0.1, 0.15) is 28.9 Å². The topological polar surface area (TPSA) is 201 Å². The third-order valence-electron chi connectivity index (χ3n) is 6.52. The second-order valence-corrected chi connectivity index (χ2v) is 10.8. The summed E-state index contributed by atoms with van der Waals surface area (Å²) in [5.74, 6) is 9.68. The van der Waals surface area contributed by atoms with Gasteiger partial charge in [0.25, 0.3) is 0 Å². The number of anilines is 3. The Bertz CT molecular complexity index is 1800. The largest absolute Gasteiger partial charge is 0.453 e. The number of halogens is 3. The third-order valence-corrected chi connectivity index (χ3v) is 7.12. The van der Waals surface area contributed by atoms with E-state index in [1.807, 2.05) is 0 Å². The van der Waals surface area contributed by atoms with Crippen LogP contribution in [0, 0.1) is 12.7 Å². The van der Waals surface area contributed by atoms with Gasteiger partial charge in [-0.15, -0.1) is 0 Å². The number of hydrazine groups is 1. The molecule has 49 heavy (non-hydrogen) atoms. The van der Waals surface area contributed by atoms with Gasteiger partial charge in [0.2, 0.25) is 11.8 Å². The van der Waals surface area contributed by atoms with Gasteiger partial charge in [-0.3, -0.25) is 29.9 Å². The molecule has 0 aliphatic heterocycles. The second-order valence-electron chi connectivity index (χ2n) is 9.98. The van der Waals surface area contributed by atoms with Crippen molar-refractivity contribution in [3.05, 3.63) is 93.1 Å². The van der Waals surface area contributed by atoms with Crippen molar-refractivity contribution in [1.29, 1.82) is 0 Å². The zero-order chi connectivity index (χ0) is 35.9. The van der Waals surface area contributed by atoms with Gasteiger partial charge in [-0.1, -0.05) is 23.2 Å². The van der Waals surface area contributed by atoms with Crippen LogP contribution in [-0.2, 0) is 20.7 Å². The number of carbonyl (C=O) groups excluding carboxylic acids is 3. The zero-order valence-corrected chi connectivity index (χ0v) is 28.3. The number of amides is 3. The summed E-state index contributed by atoms with van der Waals surface area (Å²) in [5.41, 5.74) is 2.91. The first kappa shape index (κ1) is 37.9. The number of nitrogens with one attached hydrogen (secondary N) is 4. The average Bonchev–Trinajstić information content (AvgIpc) is 3.08. The van der Waals surface area contributed by atoms with Gasteiger partial charge in [0.05, 0.1) is 30.7 Å². The number of aryl methyl sites for hydroxylation is 2. The summed E-state index contributed by atoms with van der Waals surface area (Å²) >= 11 is 12.6. The molecule has 0 saturated heterocycles. The van der Waals surface area contributed by atoms with E-state index in [-0.39, 0.29) is 41.6 Å². The van der Waals surface area contributed by atoms with E-state index in [0.29, 0.717) is 33.2 Å². The molecule has 2 aromatic carbocycles. The Labute approximate surface area is 292 Å². The lowest BCUT2D eigenvalue weighted by molar-refractivity contribution is -0.117. The molecule has 0 spiro atoms. The zero-order valence-electron chi connectivity index (χ0n) is 26.8. The van der Waals surface area contributed by atoms with E-state index in [0.717, 1.165) is 0 Å². The number of rotatable bonds is 14. The summed E-state index contributed by atoms with van der Waals surface area (Å²) < 4.78 is 18.9. The van der Waals surface area contributed by atoms with Crippen LogP contribution in [0.2, 0.25) is 5.02 Å². The highest BCUT2D eigenvalue weighted by molar-refractivity contribution is 6.32. The summed E-state index contributed by atoms with van der Waals surface area (Å²) in [6.07, 6.45) is 4.63. The number of aliphatic imine (C=N–C) groups is 1. The van der Waals surface area contributed by atoms with Crippen LogP contribution in [0.4, 0.5) is 26.2 Å². The van der Waals surface area contributed by atoms with Gasteiger partial charge in [0.15, 0.2) is 0 Å². The van der Waals surface area contributed by atoms with Crippen LogP contribution >= 0.6 is 23.2 Å². The minimum Gasteiger partial charge on any atom is -0.453 e. The number of benzene rings is 2. The van der Waals surface area contributed by atoms with E-state index >= 15 is 0 Å². The molecule has 0 fully saturated rings. The fourth-order valence-corrected chi connectivity index (χ4v) is 4.54. The van der Waals surface area contributed by atoms with Gasteiger partial charge in [-0.25, -0.2) is 15.0 Å². The number of hydrazone groups is 1. The first-order chi connectivity index (χ1) is 23.4. The van der Waals surface area contributed by atoms with Crippen molar-refractivity contribution < 1.29 is 23.5 Å². The minimum atomic E-state index is -0.728. The molecule has 0 aliphatic carbocycles. The minimum absolute atomic E-state index is 0.00939. The van der Waals surface area contributed by atoms with Crippen molar-refractivity contribution in [2.45, 2.75) is 19.8 Å². The molecule has 0 bridgehead atoms. The van der Waals surface area contributed by atoms with Crippen molar-refractivity contribution in [2.75, 3.05) is 36.3 Å². The van der Waals surface area contributed by atoms with Gasteiger partial charge < -0.3 is 26.5 Å². The van der Waals surface area contributed by atoms with Crippen LogP contribution in [0.5, 0.6) is 0 Å². The Morgan fingerprint density at radius 2 is 1.90 bits per heavy atom. The number of nitrogens with two attached hydrogens (primary N) is 2. The van der Waals surface area contributed by atoms with Crippen molar-refractivity contribution >= 4 is 82.5 Å². The maximum Gasteiger partial charge on any atom is 0.411 e. The average molecular weight is 714 g/mol. The summed E-state index contributed by atoms with van der Waals surface area (Å²) in [6, 6.07) is 12.3. The van der Waals surface area contributed by atoms with Crippen LogP contribution in [0.15, 0.2) is 69.9 Å². The maximum absolute atomic E-state index is 14.2. The number of methoxy groups -OCH3 is 1. The Balaban J connectivity index is 1.80. The van der Waals surface area contributed by atoms with Crippen LogP contribution in [0.25, 0.3) is 11.8 Å². The maximum atomic E-state index is 14.2. The van der Waals surface area contributed by atoms with Crippen molar-refractivity contribution in [3.8, 4) is 0 Å². The van der Waals surface area contributed by atoms with Crippen LogP contribution in [-0.4, -0.2) is 56.1 Å². The number of aromatic nitrogens is 1. The smallest absolute Gasteiger partial charge is 0.411 e. The second kappa shape index (κ2) is 18.7. The van der Waals surface area contributed by atoms with E-state index < -0.39 is 23.7 Å². The molecule has 258 valence electrons. The summed E-state index contributed by atoms with van der Waals surface area (Å²) in [7, 11) is 2.79. The molecule has 0 aliphatic rings. The van der Waals surface area contributed by atoms with Crippen molar-refractivity contribution in [1.82, 2.24) is 15.6 Å². The summed E-state index contributed by atoms with van der Waals surface area (Å²) in [5, 5.41) is 15.9. The Hall–Kier alpha value is -5.51. The first-order valence-electron chi connectivity index (χ1n) is 14.5. The Kier molecular flexibility index (Phi) is 14.5. The third kappa shape index (κ3) is 11.6. The lowest BCUT2D eigenvalue weighted by Crippen LogP contribution is -2.30. The van der Waals surface area contributed by atoms with E-state index in [1.165, 1.54) is 49.0 Å². The lowest BCUT2D eigenvalue weighted by atomic mass is 10.1. The standard InChI is InChI=1S/C32H35Cl2FN10O4/c1-19-4-9-24(35)25(42-19)10-13-29(47)44-26-17-22(43-32(48)49-3)7-8-23(26)30(31(34)38-2)40-15-14-39-28(46)12-5-20-16-21(33)6-11-27(20)45(37)18-41-36/h4-9,11-12,15-18,38H,10,13-14,36-37H2,1-3H3,(H,39,46)(H,43,48)(H,44,47)/b12-5+,31-30-,40-15+,41-18-. The number of hydrogen-bond acceptors (Lipinski definition) is 10. The highest BCUT2D eigenvalue weighted by atomic mass is 35.5. The first-order valence-corrected chi connectivity index (χ1v) is 15.2. The molecule has 17 heteroatoms. The predicted molar refractivity (Wildman–Crippen MR) is 192 cm³/mol. The van der Waals surface area contributed by atoms with E-state index in [4.69, 9.17) is 34.9 Å². The summed E-state index contributed by atoms with van der Waals surface area (Å²) in [6.45, 7) is 1.72. The normalized spacial score (nSPS) is 11.8. The van der Waals surface area contributed by atoms with Gasteiger partial charge in [-0.05, 0) is 61.5 Å². The molecule has 14 nitrogen and oxygen atoms in total. The summed E-state index contributed by atoms with van der Waals surface area (Å²) in [4.78, 5) is 46.1. The molecule has 3 aromatic rings. The van der Waals surface area contributed by atoms with E-state index in [1.54, 1.807) is 50.4 Å². The molecule has 1 heterocycles. The molecular formula is C32H35Cl2FN10O4. The fraction of sp³-hybridized carbons (Fsp3) is 0.188. The van der Waals surface area contributed by atoms with E-state index in [2.05, 4.69) is 41.1 Å². The highest BCUT2D eigenvalue weighted by Crippen LogP contribution is 2.31. The molecule has 0 unspecified atom stereocenters. The Morgan fingerprint density at radius 3 is 2.61 bits per heavy atom. The molecule has 0 atom stereocenters. The molecule has 3 rings (SSSR count). The molecular weight excluding hydrogens is 678 g/mol. The van der Waals surface area contributed by atoms with Crippen molar-refractivity contribution in [2.24, 2.45) is 21.8 Å². The predicted octanol–water partition coefficient (Wildman–Crippen LogP) is 4.50. The molecule has 0 saturated carbocycles. The Morgan fingerprint density at radius 1 is 1.12 bits per heavy atom. The number of pyridine rings is 1. The van der Waals surface area contributed by atoms with Crippen LogP contribution < -0.4 is 38.0 Å². The molecule has 8 N–H and O–H groups in total. The van der Waals surface area contributed by atoms with Gasteiger partial charge in [-0.2, -0.15) is 5.10 Å². The van der Waals surface area contributed by atoms with E-state index in [9.17, 15) is 18.8 Å². The lowest BCUT2D eigenvalue weighted by Gasteiger charge is -2.15. The molecule has 3 amide bonds. The van der Waals surface area contributed by atoms with Gasteiger partial charge in [0, 0.05) is 59.7 Å². The quantitative estimate of drug-likeness (QED) is 0.0348. The SMILES string of the molecule is CN/C(Cl)=C(\N=C\CNC(=O)/C=C/c1cc(Cl)ccc1N(N)/C=N\N)c1ccc(NC(=O)OC)cc1NC(=O)CCc1nc(C)ccc1F. The molecule has 1 aromatic heterocycles. The van der Waals surface area contributed by atoms with Gasteiger partial charge in [0.1, 0.15) is 23.0 Å². The van der Waals surface area contributed by atoms with Crippen molar-refractivity contribution in [3.63, 3.8) is 0 Å². The highest BCUT2D eigenvalue weighted by Gasteiger charge is 2.16. The van der Waals surface area contributed by atoms with Gasteiger partial charge >= 0.3 is 6.09 Å². The number of carbonyl (C=O) groups is 3. The number of ether oxygens (including phenoxy) is 1.